The number of rotatable bonds is 0. The van der Waals surface area contributed by atoms with Crippen molar-refractivity contribution in [2.24, 2.45) is 0 Å². The lowest BCUT2D eigenvalue weighted by Crippen LogP contribution is -2.19. The number of nitrogens with one attached hydrogen (secondary N) is 2. The third-order valence-electron chi connectivity index (χ3n) is 0.523. The molecule has 0 aromatic rings. The molecule has 2 nitrogen and oxygen atoms in total. The summed E-state index contributed by atoms with van der Waals surface area (Å²) in [6.45, 7) is 0.958. The molecule has 1 aliphatic rings. The predicted octanol–water partition coefficient (Wildman–Crippen LogP) is -0.279. The average Bonchev–Trinajstić information content (AvgIpc) is 1.76. The van der Waals surface area contributed by atoms with Crippen LogP contribution in [0.15, 0.2) is 12.3 Å². The summed E-state index contributed by atoms with van der Waals surface area (Å²) in [7, 11) is 0. The highest BCUT2D eigenvalue weighted by atomic mass is 32.1. The Morgan fingerprint density at radius 1 is 1.50 bits per heavy atom. The lowest BCUT2D eigenvalue weighted by molar-refractivity contribution is 0.727. The van der Waals surface area contributed by atoms with Crippen LogP contribution >= 0.6 is 13.5 Å². The molecular weight excluding hydrogens is 96.1 g/mol. The van der Waals surface area contributed by atoms with E-state index in [1.807, 2.05) is 12.3 Å². The minimum absolute atomic E-state index is 0. The molecule has 0 radical (unpaired) electrons. The molecule has 0 aromatic heterocycles. The van der Waals surface area contributed by atoms with Crippen LogP contribution < -0.4 is 10.9 Å². The first-order valence-corrected chi connectivity index (χ1v) is 1.63. The Bertz CT molecular complexity index is 46.8. The van der Waals surface area contributed by atoms with E-state index < -0.39 is 0 Å². The molecule has 0 amide bonds. The minimum atomic E-state index is 0. The Hall–Kier alpha value is -0.150. The number of hydrazine groups is 1. The van der Waals surface area contributed by atoms with Crippen molar-refractivity contribution >= 4 is 13.5 Å². The van der Waals surface area contributed by atoms with Gasteiger partial charge < -0.3 is 5.43 Å². The van der Waals surface area contributed by atoms with Crippen LogP contribution in [0.25, 0.3) is 0 Å². The Balaban J connectivity index is 0.000000250. The Morgan fingerprint density at radius 2 is 2.33 bits per heavy atom. The molecule has 0 aliphatic carbocycles. The summed E-state index contributed by atoms with van der Waals surface area (Å²) in [5.41, 5.74) is 5.65. The average molecular weight is 104 g/mol. The fourth-order valence-corrected chi connectivity index (χ4v) is 0.295. The van der Waals surface area contributed by atoms with Crippen molar-refractivity contribution in [2.45, 2.75) is 0 Å². The summed E-state index contributed by atoms with van der Waals surface area (Å²) in [4.78, 5) is 0. The maximum atomic E-state index is 2.86. The molecule has 0 spiro atoms. The van der Waals surface area contributed by atoms with E-state index in [1.54, 1.807) is 0 Å². The quantitative estimate of drug-likeness (QED) is 0.441. The van der Waals surface area contributed by atoms with Crippen LogP contribution in [0.3, 0.4) is 0 Å². The van der Waals surface area contributed by atoms with Crippen LogP contribution in [0.4, 0.5) is 0 Å². The number of hydrogen-bond acceptors (Lipinski definition) is 2. The smallest absolute Gasteiger partial charge is 0.0345 e. The van der Waals surface area contributed by atoms with Crippen molar-refractivity contribution in [1.82, 2.24) is 10.9 Å². The summed E-state index contributed by atoms with van der Waals surface area (Å²) >= 11 is 0. The summed E-state index contributed by atoms with van der Waals surface area (Å²) in [5.74, 6) is 0. The van der Waals surface area contributed by atoms with Gasteiger partial charge in [0.2, 0.25) is 0 Å². The van der Waals surface area contributed by atoms with Crippen LogP contribution in [0, 0.1) is 0 Å². The van der Waals surface area contributed by atoms with Crippen LogP contribution in [0.2, 0.25) is 0 Å². The summed E-state index contributed by atoms with van der Waals surface area (Å²) in [5, 5.41) is 0. The van der Waals surface area contributed by atoms with E-state index in [0.29, 0.717) is 0 Å². The van der Waals surface area contributed by atoms with Gasteiger partial charge in [0.1, 0.15) is 0 Å². The Kier molecular flexibility index (Phi) is 2.98. The fourth-order valence-electron chi connectivity index (χ4n) is 0.295. The van der Waals surface area contributed by atoms with Gasteiger partial charge in [-0.2, -0.15) is 13.5 Å². The fraction of sp³-hybridized carbons (Fsp3) is 0.333. The monoisotopic (exact) mass is 104 g/mol. The third-order valence-corrected chi connectivity index (χ3v) is 0.523. The molecule has 1 rings (SSSR count). The molecule has 0 saturated heterocycles. The van der Waals surface area contributed by atoms with Crippen LogP contribution in [-0.2, 0) is 0 Å². The van der Waals surface area contributed by atoms with E-state index in [-0.39, 0.29) is 13.5 Å². The van der Waals surface area contributed by atoms with Gasteiger partial charge in [-0.25, -0.2) is 5.43 Å². The molecule has 6 heavy (non-hydrogen) atoms. The molecular formula is C3H8N2S. The topological polar surface area (TPSA) is 24.1 Å². The van der Waals surface area contributed by atoms with Gasteiger partial charge in [-0.1, -0.05) is 6.08 Å². The largest absolute Gasteiger partial charge is 0.329 e. The van der Waals surface area contributed by atoms with E-state index in [2.05, 4.69) is 10.9 Å². The molecule has 0 bridgehead atoms. The standard InChI is InChI=1S/C3H6N2.H2S/c1-2-4-5-3-1;/h1-2,4-5H,3H2;1H2. The zero-order valence-electron chi connectivity index (χ0n) is 3.36. The minimum Gasteiger partial charge on any atom is -0.329 e. The lowest BCUT2D eigenvalue weighted by Gasteiger charge is -1.83. The van der Waals surface area contributed by atoms with Crippen LogP contribution in [0.1, 0.15) is 0 Å². The first kappa shape index (κ1) is 5.85. The van der Waals surface area contributed by atoms with E-state index >= 15 is 0 Å². The second kappa shape index (κ2) is 3.06. The first-order chi connectivity index (χ1) is 2.50. The highest BCUT2D eigenvalue weighted by Crippen LogP contribution is 1.67. The molecule has 0 fully saturated rings. The van der Waals surface area contributed by atoms with E-state index in [9.17, 15) is 0 Å². The van der Waals surface area contributed by atoms with E-state index in [1.165, 1.54) is 0 Å². The van der Waals surface area contributed by atoms with Gasteiger partial charge in [-0.3, -0.25) is 0 Å². The van der Waals surface area contributed by atoms with E-state index in [4.69, 9.17) is 0 Å². The van der Waals surface area contributed by atoms with Crippen molar-refractivity contribution in [2.75, 3.05) is 6.54 Å². The lowest BCUT2D eigenvalue weighted by atomic mass is 10.7. The Morgan fingerprint density at radius 3 is 2.50 bits per heavy atom. The second-order valence-corrected chi connectivity index (χ2v) is 0.928. The van der Waals surface area contributed by atoms with Gasteiger partial charge in [0.05, 0.1) is 0 Å². The van der Waals surface area contributed by atoms with Crippen LogP contribution in [-0.4, -0.2) is 6.54 Å². The molecule has 0 aromatic carbocycles. The zero-order valence-corrected chi connectivity index (χ0v) is 4.36. The SMILES string of the molecule is C1=CNNC1.S. The molecule has 2 N–H and O–H groups in total. The highest BCUT2D eigenvalue weighted by molar-refractivity contribution is 7.59. The summed E-state index contributed by atoms with van der Waals surface area (Å²) < 4.78 is 0. The zero-order chi connectivity index (χ0) is 3.54. The van der Waals surface area contributed by atoms with Crippen molar-refractivity contribution in [3.8, 4) is 0 Å². The molecule has 0 unspecified atom stereocenters. The molecule has 0 atom stereocenters. The second-order valence-electron chi connectivity index (χ2n) is 0.928. The maximum Gasteiger partial charge on any atom is 0.0345 e. The van der Waals surface area contributed by atoms with Gasteiger partial charge in [0.25, 0.3) is 0 Å². The van der Waals surface area contributed by atoms with E-state index in [0.717, 1.165) is 6.54 Å². The first-order valence-electron chi connectivity index (χ1n) is 1.63. The van der Waals surface area contributed by atoms with Gasteiger partial charge >= 0.3 is 0 Å². The third kappa shape index (κ3) is 1.33. The highest BCUT2D eigenvalue weighted by Gasteiger charge is 1.78. The molecule has 36 valence electrons. The molecule has 0 saturated carbocycles. The summed E-state index contributed by atoms with van der Waals surface area (Å²) in [6.07, 6.45) is 3.89. The maximum absolute atomic E-state index is 2.86. The van der Waals surface area contributed by atoms with Crippen molar-refractivity contribution in [3.05, 3.63) is 12.3 Å². The molecule has 1 heterocycles. The summed E-state index contributed by atoms with van der Waals surface area (Å²) in [6, 6.07) is 0. The van der Waals surface area contributed by atoms with Gasteiger partial charge in [0.15, 0.2) is 0 Å². The van der Waals surface area contributed by atoms with Crippen LogP contribution in [0.5, 0.6) is 0 Å². The van der Waals surface area contributed by atoms with Gasteiger partial charge in [-0.05, 0) is 0 Å². The van der Waals surface area contributed by atoms with Gasteiger partial charge in [0, 0.05) is 12.7 Å². The normalized spacial score (nSPS) is 16.0. The van der Waals surface area contributed by atoms with Crippen molar-refractivity contribution in [1.29, 1.82) is 0 Å². The van der Waals surface area contributed by atoms with Crippen molar-refractivity contribution in [3.63, 3.8) is 0 Å². The molecule has 3 heteroatoms. The molecule has 1 aliphatic heterocycles. The van der Waals surface area contributed by atoms with Gasteiger partial charge in [-0.15, -0.1) is 0 Å². The Labute approximate surface area is 44.0 Å². The van der Waals surface area contributed by atoms with Crippen molar-refractivity contribution < 1.29 is 0 Å². The number of hydrogen-bond donors (Lipinski definition) is 2. The predicted molar refractivity (Wildman–Crippen MR) is 30.7 cm³/mol.